The van der Waals surface area contributed by atoms with Gasteiger partial charge in [0.25, 0.3) is 5.91 Å². The van der Waals surface area contributed by atoms with Gasteiger partial charge < -0.3 is 15.4 Å². The molecule has 2 rings (SSSR count). The van der Waals surface area contributed by atoms with Crippen LogP contribution in [0.4, 0.5) is 0 Å². The molecule has 0 spiro atoms. The Labute approximate surface area is 118 Å². The molecule has 1 aliphatic heterocycles. The first kappa shape index (κ1) is 15.5. The molecule has 1 saturated heterocycles. The molecule has 6 heteroatoms. The van der Waals surface area contributed by atoms with Crippen molar-refractivity contribution in [2.24, 2.45) is 0 Å². The number of nitrogens with one attached hydrogen (secondary N) is 2. The molecule has 1 heterocycles. The number of esters is 1. The highest BCUT2D eigenvalue weighted by Gasteiger charge is 2.30. The Balaban J connectivity index is 0.00000180. The molecule has 1 fully saturated rings. The summed E-state index contributed by atoms with van der Waals surface area (Å²) < 4.78 is 4.66. The lowest BCUT2D eigenvalue weighted by Crippen LogP contribution is -2.36. The summed E-state index contributed by atoms with van der Waals surface area (Å²) in [5.74, 6) is -0.403. The lowest BCUT2D eigenvalue weighted by Gasteiger charge is -2.11. The van der Waals surface area contributed by atoms with Crippen LogP contribution in [0.2, 0.25) is 0 Å². The van der Waals surface area contributed by atoms with Gasteiger partial charge in [0.15, 0.2) is 0 Å². The van der Waals surface area contributed by atoms with Crippen LogP contribution in [0, 0.1) is 0 Å². The van der Waals surface area contributed by atoms with Gasteiger partial charge >= 0.3 is 5.97 Å². The highest BCUT2D eigenvalue weighted by atomic mass is 35.5. The predicted molar refractivity (Wildman–Crippen MR) is 73.4 cm³/mol. The van der Waals surface area contributed by atoms with E-state index in [-0.39, 0.29) is 36.4 Å². The van der Waals surface area contributed by atoms with Gasteiger partial charge in [0.1, 0.15) is 6.04 Å². The smallest absolute Gasteiger partial charge is 0.322 e. The minimum absolute atomic E-state index is 0. The van der Waals surface area contributed by atoms with Crippen LogP contribution in [0.25, 0.3) is 0 Å². The molecule has 0 radical (unpaired) electrons. The molecule has 0 aromatic heterocycles. The Bertz CT molecular complexity index is 439. The van der Waals surface area contributed by atoms with Crippen molar-refractivity contribution in [2.75, 3.05) is 13.7 Å². The fraction of sp³-hybridized carbons (Fsp3) is 0.385. The van der Waals surface area contributed by atoms with Gasteiger partial charge in [-0.25, -0.2) is 0 Å². The molecule has 19 heavy (non-hydrogen) atoms. The molecule has 5 nitrogen and oxygen atoms in total. The average molecular weight is 285 g/mol. The van der Waals surface area contributed by atoms with E-state index in [9.17, 15) is 9.59 Å². The van der Waals surface area contributed by atoms with Gasteiger partial charge in [0.2, 0.25) is 0 Å². The Kier molecular flexibility index (Phi) is 5.79. The van der Waals surface area contributed by atoms with Gasteiger partial charge in [-0.3, -0.25) is 9.59 Å². The van der Waals surface area contributed by atoms with Crippen molar-refractivity contribution < 1.29 is 14.3 Å². The Hall–Kier alpha value is -1.59. The van der Waals surface area contributed by atoms with Gasteiger partial charge in [0.05, 0.1) is 7.11 Å². The summed E-state index contributed by atoms with van der Waals surface area (Å²) in [6, 6.07) is 8.66. The summed E-state index contributed by atoms with van der Waals surface area (Å²) >= 11 is 0. The molecule has 2 N–H and O–H groups in total. The predicted octanol–water partition coefficient (Wildman–Crippen LogP) is 0.742. The van der Waals surface area contributed by atoms with Gasteiger partial charge in [-0.15, -0.1) is 12.4 Å². The van der Waals surface area contributed by atoms with E-state index in [0.29, 0.717) is 18.5 Å². The highest BCUT2D eigenvalue weighted by Crippen LogP contribution is 2.09. The second-order valence-corrected chi connectivity index (χ2v) is 4.26. The Morgan fingerprint density at radius 2 is 2.00 bits per heavy atom. The van der Waals surface area contributed by atoms with E-state index in [1.807, 2.05) is 18.2 Å². The van der Waals surface area contributed by atoms with Crippen LogP contribution in [0.5, 0.6) is 0 Å². The number of benzene rings is 1. The number of carbonyl (C=O) groups is 2. The molecule has 104 valence electrons. The molecular formula is C13H17ClN2O3. The Morgan fingerprint density at radius 3 is 2.63 bits per heavy atom. The number of hydrogen-bond acceptors (Lipinski definition) is 4. The minimum Gasteiger partial charge on any atom is -0.468 e. The van der Waals surface area contributed by atoms with Crippen molar-refractivity contribution in [1.82, 2.24) is 10.6 Å². The zero-order valence-electron chi connectivity index (χ0n) is 10.6. The summed E-state index contributed by atoms with van der Waals surface area (Å²) in [6.07, 6.45) is 0.561. The topological polar surface area (TPSA) is 67.4 Å². The first-order valence-electron chi connectivity index (χ1n) is 5.88. The number of amides is 1. The van der Waals surface area contributed by atoms with Crippen LogP contribution in [-0.2, 0) is 9.53 Å². The van der Waals surface area contributed by atoms with E-state index < -0.39 is 0 Å². The molecule has 1 amide bonds. The fourth-order valence-corrected chi connectivity index (χ4v) is 2.03. The maximum atomic E-state index is 11.9. The zero-order valence-corrected chi connectivity index (χ0v) is 11.4. The second kappa shape index (κ2) is 7.11. The molecule has 0 aliphatic carbocycles. The molecule has 1 aromatic rings. The molecule has 2 atom stereocenters. The molecule has 2 unspecified atom stereocenters. The molecule has 1 aromatic carbocycles. The van der Waals surface area contributed by atoms with Crippen molar-refractivity contribution >= 4 is 24.3 Å². The number of halogens is 1. The van der Waals surface area contributed by atoms with E-state index in [2.05, 4.69) is 15.4 Å². The lowest BCUT2D eigenvalue weighted by atomic mass is 10.1. The van der Waals surface area contributed by atoms with Crippen molar-refractivity contribution in [3.05, 3.63) is 35.9 Å². The van der Waals surface area contributed by atoms with Crippen LogP contribution in [-0.4, -0.2) is 37.6 Å². The first-order chi connectivity index (χ1) is 8.70. The summed E-state index contributed by atoms with van der Waals surface area (Å²) in [4.78, 5) is 23.2. The van der Waals surface area contributed by atoms with Crippen LogP contribution >= 0.6 is 12.4 Å². The van der Waals surface area contributed by atoms with E-state index in [1.165, 1.54) is 7.11 Å². The largest absolute Gasteiger partial charge is 0.468 e. The van der Waals surface area contributed by atoms with Crippen LogP contribution in [0.15, 0.2) is 30.3 Å². The van der Waals surface area contributed by atoms with Crippen molar-refractivity contribution in [3.63, 3.8) is 0 Å². The minimum atomic E-state index is -0.323. The van der Waals surface area contributed by atoms with E-state index >= 15 is 0 Å². The van der Waals surface area contributed by atoms with Crippen molar-refractivity contribution in [2.45, 2.75) is 18.5 Å². The summed E-state index contributed by atoms with van der Waals surface area (Å²) in [5.41, 5.74) is 0.624. The standard InChI is InChI=1S/C13H16N2O3.ClH/c1-18-13(17)11-7-10(8-14-11)15-12(16)9-5-3-2-4-6-9;/h2-6,10-11,14H,7-8H2,1H3,(H,15,16);1H. The van der Waals surface area contributed by atoms with Crippen LogP contribution < -0.4 is 10.6 Å². The van der Waals surface area contributed by atoms with Crippen LogP contribution in [0.1, 0.15) is 16.8 Å². The normalized spacial score (nSPS) is 21.3. The fourth-order valence-electron chi connectivity index (χ4n) is 2.03. The van der Waals surface area contributed by atoms with E-state index in [0.717, 1.165) is 0 Å². The maximum absolute atomic E-state index is 11.9. The number of rotatable bonds is 3. The number of hydrogen-bond donors (Lipinski definition) is 2. The summed E-state index contributed by atoms with van der Waals surface area (Å²) in [5, 5.41) is 5.92. The zero-order chi connectivity index (χ0) is 13.0. The third-order valence-corrected chi connectivity index (χ3v) is 2.99. The number of methoxy groups -OCH3 is 1. The van der Waals surface area contributed by atoms with Gasteiger partial charge in [-0.2, -0.15) is 0 Å². The summed E-state index contributed by atoms with van der Waals surface area (Å²) in [7, 11) is 1.36. The van der Waals surface area contributed by atoms with Crippen molar-refractivity contribution in [1.29, 1.82) is 0 Å². The Morgan fingerprint density at radius 1 is 1.32 bits per heavy atom. The first-order valence-corrected chi connectivity index (χ1v) is 5.88. The van der Waals surface area contributed by atoms with Gasteiger partial charge in [-0.05, 0) is 18.6 Å². The molecule has 1 aliphatic rings. The van der Waals surface area contributed by atoms with Crippen LogP contribution in [0.3, 0.4) is 0 Å². The molecule has 0 bridgehead atoms. The summed E-state index contributed by atoms with van der Waals surface area (Å²) in [6.45, 7) is 0.582. The lowest BCUT2D eigenvalue weighted by molar-refractivity contribution is -0.142. The van der Waals surface area contributed by atoms with E-state index in [4.69, 9.17) is 0 Å². The maximum Gasteiger partial charge on any atom is 0.322 e. The number of carbonyl (C=O) groups excluding carboxylic acids is 2. The molecule has 0 saturated carbocycles. The number of ether oxygens (including phenoxy) is 1. The van der Waals surface area contributed by atoms with Gasteiger partial charge in [0, 0.05) is 18.2 Å². The molecular weight excluding hydrogens is 268 g/mol. The average Bonchev–Trinajstić information content (AvgIpc) is 2.87. The quantitative estimate of drug-likeness (QED) is 0.804. The third-order valence-electron chi connectivity index (χ3n) is 2.99. The second-order valence-electron chi connectivity index (χ2n) is 4.26. The van der Waals surface area contributed by atoms with Crippen molar-refractivity contribution in [3.8, 4) is 0 Å². The highest BCUT2D eigenvalue weighted by molar-refractivity contribution is 5.94. The SMILES string of the molecule is COC(=O)C1CC(NC(=O)c2ccccc2)CN1.Cl. The third kappa shape index (κ3) is 3.94. The monoisotopic (exact) mass is 284 g/mol. The van der Waals surface area contributed by atoms with E-state index in [1.54, 1.807) is 12.1 Å². The van der Waals surface area contributed by atoms with Gasteiger partial charge in [-0.1, -0.05) is 18.2 Å².